The van der Waals surface area contributed by atoms with Crippen LogP contribution >= 0.6 is 11.6 Å². The minimum absolute atomic E-state index is 0.110. The molecule has 1 heterocycles. The monoisotopic (exact) mass is 375 g/mol. The Bertz CT molecular complexity index is 873. The van der Waals surface area contributed by atoms with E-state index in [9.17, 15) is 9.59 Å². The summed E-state index contributed by atoms with van der Waals surface area (Å²) in [4.78, 5) is 32.2. The average Bonchev–Trinajstić information content (AvgIpc) is 3.46. The molecule has 0 bridgehead atoms. The second-order valence-corrected chi connectivity index (χ2v) is 7.62. The van der Waals surface area contributed by atoms with Crippen LogP contribution in [0.4, 0.5) is 0 Å². The Kier molecular flexibility index (Phi) is 5.66. The number of benzene rings is 1. The molecular formula is C20H26ClN3O2. The van der Waals surface area contributed by atoms with Gasteiger partial charge in [0.15, 0.2) is 0 Å². The van der Waals surface area contributed by atoms with Crippen LogP contribution < -0.4 is 5.56 Å². The van der Waals surface area contributed by atoms with Crippen molar-refractivity contribution in [2.45, 2.75) is 52.0 Å². The molecule has 2 aromatic rings. The SMILES string of the molecule is CCCCCN(C(=O)C1CC1)C(C)c1nc2cc(Cl)ccc2c(=O)n1C. The third-order valence-electron chi connectivity index (χ3n) is 5.13. The molecule has 6 heteroatoms. The number of hydrogen-bond acceptors (Lipinski definition) is 3. The number of unbranched alkanes of at least 4 members (excludes halogenated alkanes) is 2. The lowest BCUT2D eigenvalue weighted by Gasteiger charge is -2.30. The highest BCUT2D eigenvalue weighted by Crippen LogP contribution is 2.34. The van der Waals surface area contributed by atoms with Crippen LogP contribution in [0, 0.1) is 5.92 Å². The average molecular weight is 376 g/mol. The molecule has 1 aliphatic rings. The molecule has 1 aromatic carbocycles. The fourth-order valence-electron chi connectivity index (χ4n) is 3.37. The van der Waals surface area contributed by atoms with Crippen molar-refractivity contribution >= 4 is 28.4 Å². The summed E-state index contributed by atoms with van der Waals surface area (Å²) >= 11 is 6.08. The van der Waals surface area contributed by atoms with Crippen molar-refractivity contribution in [3.8, 4) is 0 Å². The van der Waals surface area contributed by atoms with Gasteiger partial charge < -0.3 is 4.90 Å². The van der Waals surface area contributed by atoms with Crippen molar-refractivity contribution in [1.82, 2.24) is 14.5 Å². The molecule has 0 spiro atoms. The minimum Gasteiger partial charge on any atom is -0.333 e. The minimum atomic E-state index is -0.249. The fourth-order valence-corrected chi connectivity index (χ4v) is 3.53. The van der Waals surface area contributed by atoms with Crippen molar-refractivity contribution < 1.29 is 4.79 Å². The van der Waals surface area contributed by atoms with E-state index in [0.29, 0.717) is 28.3 Å². The quantitative estimate of drug-likeness (QED) is 0.685. The van der Waals surface area contributed by atoms with Gasteiger partial charge in [0.1, 0.15) is 5.82 Å². The number of carbonyl (C=O) groups is 1. The van der Waals surface area contributed by atoms with Crippen molar-refractivity contribution in [3.63, 3.8) is 0 Å². The van der Waals surface area contributed by atoms with Crippen molar-refractivity contribution in [2.24, 2.45) is 13.0 Å². The van der Waals surface area contributed by atoms with Crippen LogP contribution in [-0.4, -0.2) is 26.9 Å². The normalized spacial score (nSPS) is 15.2. The molecular weight excluding hydrogens is 350 g/mol. The molecule has 0 aliphatic heterocycles. The van der Waals surface area contributed by atoms with Crippen LogP contribution in [0.3, 0.4) is 0 Å². The molecule has 0 saturated heterocycles. The number of rotatable bonds is 7. The first-order valence-corrected chi connectivity index (χ1v) is 9.78. The smallest absolute Gasteiger partial charge is 0.261 e. The Morgan fingerprint density at radius 1 is 1.38 bits per heavy atom. The van der Waals surface area contributed by atoms with Crippen LogP contribution in [0.5, 0.6) is 0 Å². The number of carbonyl (C=O) groups excluding carboxylic acids is 1. The third-order valence-corrected chi connectivity index (χ3v) is 5.36. The van der Waals surface area contributed by atoms with E-state index in [2.05, 4.69) is 6.92 Å². The molecule has 1 amide bonds. The largest absolute Gasteiger partial charge is 0.333 e. The number of nitrogens with zero attached hydrogens (tertiary/aromatic N) is 3. The molecule has 1 fully saturated rings. The molecule has 1 aromatic heterocycles. The van der Waals surface area contributed by atoms with E-state index >= 15 is 0 Å². The van der Waals surface area contributed by atoms with E-state index in [1.165, 1.54) is 0 Å². The van der Waals surface area contributed by atoms with Gasteiger partial charge in [0.05, 0.1) is 16.9 Å². The van der Waals surface area contributed by atoms with Gasteiger partial charge >= 0.3 is 0 Å². The van der Waals surface area contributed by atoms with Crippen molar-refractivity contribution in [2.75, 3.05) is 6.54 Å². The number of halogens is 1. The maximum atomic E-state index is 12.8. The Balaban J connectivity index is 1.99. The molecule has 1 atom stereocenters. The molecule has 5 nitrogen and oxygen atoms in total. The molecule has 140 valence electrons. The van der Waals surface area contributed by atoms with Gasteiger partial charge in [-0.15, -0.1) is 0 Å². The summed E-state index contributed by atoms with van der Waals surface area (Å²) in [6.45, 7) is 4.81. The molecule has 1 unspecified atom stereocenters. The zero-order valence-corrected chi connectivity index (χ0v) is 16.4. The van der Waals surface area contributed by atoms with E-state index in [1.807, 2.05) is 11.8 Å². The summed E-state index contributed by atoms with van der Waals surface area (Å²) in [6.07, 6.45) is 5.09. The maximum Gasteiger partial charge on any atom is 0.261 e. The molecule has 0 N–H and O–H groups in total. The summed E-state index contributed by atoms with van der Waals surface area (Å²) in [5.74, 6) is 0.940. The van der Waals surface area contributed by atoms with Crippen LogP contribution in [0.1, 0.15) is 57.8 Å². The standard InChI is InChI=1S/C20H26ClN3O2/c1-4-5-6-11-24(19(25)14-7-8-14)13(2)18-22-17-12-15(21)9-10-16(17)20(26)23(18)3/h9-10,12-14H,4-8,11H2,1-3H3. The second-order valence-electron chi connectivity index (χ2n) is 7.18. The summed E-state index contributed by atoms with van der Waals surface area (Å²) in [6, 6.07) is 4.86. The highest BCUT2D eigenvalue weighted by molar-refractivity contribution is 6.31. The van der Waals surface area contributed by atoms with Gasteiger partial charge in [0.2, 0.25) is 5.91 Å². The van der Waals surface area contributed by atoms with Gasteiger partial charge in [0.25, 0.3) is 5.56 Å². The lowest BCUT2D eigenvalue weighted by molar-refractivity contribution is -0.135. The molecule has 1 saturated carbocycles. The van der Waals surface area contributed by atoms with Gasteiger partial charge in [-0.1, -0.05) is 31.4 Å². The summed E-state index contributed by atoms with van der Waals surface area (Å²) in [5, 5.41) is 1.09. The summed E-state index contributed by atoms with van der Waals surface area (Å²) in [5.41, 5.74) is 0.468. The number of amides is 1. The van der Waals surface area contributed by atoms with Crippen molar-refractivity contribution in [1.29, 1.82) is 0 Å². The zero-order chi connectivity index (χ0) is 18.8. The second kappa shape index (κ2) is 7.78. The van der Waals surface area contributed by atoms with Crippen LogP contribution in [0.15, 0.2) is 23.0 Å². The lowest BCUT2D eigenvalue weighted by atomic mass is 10.1. The fraction of sp³-hybridized carbons (Fsp3) is 0.550. The van der Waals surface area contributed by atoms with Gasteiger partial charge in [-0.3, -0.25) is 14.2 Å². The third kappa shape index (κ3) is 3.78. The number of hydrogen-bond donors (Lipinski definition) is 0. The van der Waals surface area contributed by atoms with E-state index in [1.54, 1.807) is 29.8 Å². The Hall–Kier alpha value is -1.88. The first kappa shape index (κ1) is 18.9. The zero-order valence-electron chi connectivity index (χ0n) is 15.7. The van der Waals surface area contributed by atoms with E-state index in [4.69, 9.17) is 16.6 Å². The number of aromatic nitrogens is 2. The van der Waals surface area contributed by atoms with Crippen molar-refractivity contribution in [3.05, 3.63) is 39.4 Å². The highest BCUT2D eigenvalue weighted by Gasteiger charge is 2.36. The van der Waals surface area contributed by atoms with E-state index in [0.717, 1.165) is 32.1 Å². The van der Waals surface area contributed by atoms with Gasteiger partial charge in [-0.05, 0) is 44.4 Å². The first-order chi connectivity index (χ1) is 12.4. The molecule has 1 aliphatic carbocycles. The van der Waals surface area contributed by atoms with Gasteiger partial charge in [0, 0.05) is 24.5 Å². The highest BCUT2D eigenvalue weighted by atomic mass is 35.5. The lowest BCUT2D eigenvalue weighted by Crippen LogP contribution is -2.38. The molecule has 3 rings (SSSR count). The van der Waals surface area contributed by atoms with Gasteiger partial charge in [-0.2, -0.15) is 0 Å². The Morgan fingerprint density at radius 2 is 2.12 bits per heavy atom. The predicted molar refractivity (Wildman–Crippen MR) is 104 cm³/mol. The maximum absolute atomic E-state index is 12.8. The predicted octanol–water partition coefficient (Wildman–Crippen LogP) is 4.08. The Labute approximate surface area is 159 Å². The summed E-state index contributed by atoms with van der Waals surface area (Å²) in [7, 11) is 1.72. The first-order valence-electron chi connectivity index (χ1n) is 9.40. The van der Waals surface area contributed by atoms with E-state index in [-0.39, 0.29) is 23.4 Å². The summed E-state index contributed by atoms with van der Waals surface area (Å²) < 4.78 is 1.56. The number of fused-ring (bicyclic) bond motifs is 1. The van der Waals surface area contributed by atoms with E-state index < -0.39 is 0 Å². The Morgan fingerprint density at radius 3 is 2.77 bits per heavy atom. The molecule has 0 radical (unpaired) electrons. The van der Waals surface area contributed by atoms with Crippen LogP contribution in [-0.2, 0) is 11.8 Å². The van der Waals surface area contributed by atoms with Gasteiger partial charge in [-0.25, -0.2) is 4.98 Å². The topological polar surface area (TPSA) is 55.2 Å². The van der Waals surface area contributed by atoms with Crippen LogP contribution in [0.2, 0.25) is 5.02 Å². The molecule has 26 heavy (non-hydrogen) atoms. The van der Waals surface area contributed by atoms with Crippen LogP contribution in [0.25, 0.3) is 10.9 Å².